The van der Waals surface area contributed by atoms with Gasteiger partial charge in [0.1, 0.15) is 11.9 Å². The van der Waals surface area contributed by atoms with E-state index in [0.29, 0.717) is 12.6 Å². The largest absolute Gasteiger partial charge is 0.496 e. The molecular weight excluding hydrogens is 266 g/mol. The molecule has 1 N–H and O–H groups in total. The molecule has 1 aromatic rings. The van der Waals surface area contributed by atoms with Crippen molar-refractivity contribution >= 4 is 5.91 Å². The smallest absolute Gasteiger partial charge is 0.238 e. The van der Waals surface area contributed by atoms with Crippen molar-refractivity contribution in [2.45, 2.75) is 25.6 Å². The molecule has 1 aromatic carbocycles. The van der Waals surface area contributed by atoms with E-state index in [1.165, 1.54) is 0 Å². The van der Waals surface area contributed by atoms with Gasteiger partial charge in [0, 0.05) is 12.6 Å². The zero-order chi connectivity index (χ0) is 15.0. The van der Waals surface area contributed by atoms with E-state index >= 15 is 0 Å². The third-order valence-corrected chi connectivity index (χ3v) is 4.51. The molecule has 0 radical (unpaired) electrons. The Bertz CT molecular complexity index is 546. The molecule has 2 heterocycles. The molecule has 2 aliphatic rings. The van der Waals surface area contributed by atoms with Crippen molar-refractivity contribution < 1.29 is 9.53 Å². The van der Waals surface area contributed by atoms with Crippen molar-refractivity contribution in [3.63, 3.8) is 0 Å². The maximum absolute atomic E-state index is 12.3. The Kier molecular flexibility index (Phi) is 3.87. The van der Waals surface area contributed by atoms with Crippen LogP contribution in [0.3, 0.4) is 0 Å². The average molecular weight is 289 g/mol. The second kappa shape index (κ2) is 5.66. The number of carbonyl (C=O) groups is 1. The molecule has 0 spiro atoms. The van der Waals surface area contributed by atoms with Crippen LogP contribution in [0.5, 0.6) is 5.75 Å². The minimum absolute atomic E-state index is 0.0152. The molecule has 0 saturated carbocycles. The molecule has 0 aromatic heterocycles. The fraction of sp³-hybridized carbons (Fsp3) is 0.562. The molecule has 2 fully saturated rings. The van der Waals surface area contributed by atoms with Crippen LogP contribution >= 0.6 is 0 Å². The number of likely N-dealkylation sites (N-methyl/N-ethyl adjacent to an activating group) is 1. The van der Waals surface area contributed by atoms with E-state index in [4.69, 9.17) is 4.74 Å². The third-order valence-electron chi connectivity index (χ3n) is 4.51. The highest BCUT2D eigenvalue weighted by Crippen LogP contribution is 2.30. The van der Waals surface area contributed by atoms with Gasteiger partial charge < -0.3 is 14.5 Å². The Morgan fingerprint density at radius 1 is 1.38 bits per heavy atom. The minimum atomic E-state index is -0.0152. The standard InChI is InChI=1S/C16H23N3O2/c1-11-8-12(4-5-14(11)21-3)16-17-9-15(20)19(16)13-6-7-18(2)10-13/h4-5,8,13,16-17H,6-7,9-10H2,1-3H3. The van der Waals surface area contributed by atoms with Gasteiger partial charge in [0.2, 0.25) is 5.91 Å². The first-order valence-electron chi connectivity index (χ1n) is 7.48. The number of amides is 1. The van der Waals surface area contributed by atoms with Gasteiger partial charge in [-0.25, -0.2) is 0 Å². The van der Waals surface area contributed by atoms with Gasteiger partial charge in [0.05, 0.1) is 13.7 Å². The summed E-state index contributed by atoms with van der Waals surface area (Å²) in [6.45, 7) is 4.48. The number of nitrogens with zero attached hydrogens (tertiary/aromatic N) is 2. The zero-order valence-electron chi connectivity index (χ0n) is 12.9. The summed E-state index contributed by atoms with van der Waals surface area (Å²) in [4.78, 5) is 16.6. The fourth-order valence-corrected chi connectivity index (χ4v) is 3.42. The summed E-state index contributed by atoms with van der Waals surface area (Å²) in [6, 6.07) is 6.45. The second-order valence-corrected chi connectivity index (χ2v) is 6.02. The number of ether oxygens (including phenoxy) is 1. The van der Waals surface area contributed by atoms with Crippen LogP contribution in [-0.4, -0.2) is 55.5 Å². The van der Waals surface area contributed by atoms with Crippen molar-refractivity contribution in [3.8, 4) is 5.75 Å². The van der Waals surface area contributed by atoms with Crippen molar-refractivity contribution in [1.82, 2.24) is 15.1 Å². The van der Waals surface area contributed by atoms with E-state index in [1.807, 2.05) is 24.0 Å². The number of hydrogen-bond donors (Lipinski definition) is 1. The Morgan fingerprint density at radius 3 is 2.81 bits per heavy atom. The van der Waals surface area contributed by atoms with Crippen molar-refractivity contribution in [2.24, 2.45) is 0 Å². The van der Waals surface area contributed by atoms with Gasteiger partial charge in [-0.05, 0) is 50.2 Å². The van der Waals surface area contributed by atoms with Gasteiger partial charge in [0.25, 0.3) is 0 Å². The average Bonchev–Trinajstić information content (AvgIpc) is 3.04. The number of aryl methyl sites for hydroxylation is 1. The lowest BCUT2D eigenvalue weighted by Gasteiger charge is -2.30. The fourth-order valence-electron chi connectivity index (χ4n) is 3.42. The van der Waals surface area contributed by atoms with Crippen molar-refractivity contribution in [2.75, 3.05) is 33.8 Å². The molecule has 0 bridgehead atoms. The van der Waals surface area contributed by atoms with Gasteiger partial charge in [0.15, 0.2) is 0 Å². The number of hydrogen-bond acceptors (Lipinski definition) is 4. The molecule has 5 nitrogen and oxygen atoms in total. The number of likely N-dealkylation sites (tertiary alicyclic amines) is 1. The number of rotatable bonds is 3. The molecule has 1 amide bonds. The highest BCUT2D eigenvalue weighted by molar-refractivity contribution is 5.81. The van der Waals surface area contributed by atoms with Crippen LogP contribution in [0.15, 0.2) is 18.2 Å². The van der Waals surface area contributed by atoms with Gasteiger partial charge >= 0.3 is 0 Å². The lowest BCUT2D eigenvalue weighted by molar-refractivity contribution is -0.130. The van der Waals surface area contributed by atoms with Crippen molar-refractivity contribution in [3.05, 3.63) is 29.3 Å². The monoisotopic (exact) mass is 289 g/mol. The first-order valence-corrected chi connectivity index (χ1v) is 7.48. The van der Waals surface area contributed by atoms with Crippen LogP contribution in [0.4, 0.5) is 0 Å². The van der Waals surface area contributed by atoms with Gasteiger partial charge in [-0.2, -0.15) is 0 Å². The molecule has 2 saturated heterocycles. The predicted molar refractivity (Wildman–Crippen MR) is 81.2 cm³/mol. The summed E-state index contributed by atoms with van der Waals surface area (Å²) in [6.07, 6.45) is 1.04. The van der Waals surface area contributed by atoms with Crippen molar-refractivity contribution in [1.29, 1.82) is 0 Å². The topological polar surface area (TPSA) is 44.8 Å². The SMILES string of the molecule is COc1ccc(C2NCC(=O)N2C2CCN(C)C2)cc1C. The molecule has 3 rings (SSSR count). The Labute approximate surface area is 125 Å². The number of nitrogens with one attached hydrogen (secondary N) is 1. The molecule has 0 aliphatic carbocycles. The number of methoxy groups -OCH3 is 1. The molecule has 2 aliphatic heterocycles. The van der Waals surface area contributed by atoms with Crippen LogP contribution in [0, 0.1) is 6.92 Å². The van der Waals surface area contributed by atoms with E-state index in [1.54, 1.807) is 7.11 Å². The summed E-state index contributed by atoms with van der Waals surface area (Å²) in [5, 5.41) is 3.35. The van der Waals surface area contributed by atoms with Gasteiger partial charge in [-0.1, -0.05) is 6.07 Å². The lowest BCUT2D eigenvalue weighted by Crippen LogP contribution is -2.41. The van der Waals surface area contributed by atoms with Gasteiger partial charge in [-0.15, -0.1) is 0 Å². The quantitative estimate of drug-likeness (QED) is 0.906. The van der Waals surface area contributed by atoms with E-state index < -0.39 is 0 Å². The Morgan fingerprint density at radius 2 is 2.19 bits per heavy atom. The van der Waals surface area contributed by atoms with Crippen LogP contribution in [-0.2, 0) is 4.79 Å². The normalized spacial score (nSPS) is 26.6. The van der Waals surface area contributed by atoms with E-state index in [-0.39, 0.29) is 12.1 Å². The van der Waals surface area contributed by atoms with E-state index in [0.717, 1.165) is 36.4 Å². The summed E-state index contributed by atoms with van der Waals surface area (Å²) >= 11 is 0. The summed E-state index contributed by atoms with van der Waals surface area (Å²) < 4.78 is 5.32. The van der Waals surface area contributed by atoms with Crippen LogP contribution in [0.25, 0.3) is 0 Å². The maximum atomic E-state index is 12.3. The lowest BCUT2D eigenvalue weighted by atomic mass is 10.1. The summed E-state index contributed by atoms with van der Waals surface area (Å²) in [7, 11) is 3.79. The molecule has 2 atom stereocenters. The van der Waals surface area contributed by atoms with E-state index in [2.05, 4.69) is 23.3 Å². The first-order chi connectivity index (χ1) is 10.1. The van der Waals surface area contributed by atoms with Gasteiger partial charge in [-0.3, -0.25) is 10.1 Å². The molecule has 114 valence electrons. The third kappa shape index (κ3) is 2.63. The molecule has 2 unspecified atom stereocenters. The second-order valence-electron chi connectivity index (χ2n) is 6.02. The van der Waals surface area contributed by atoms with Crippen LogP contribution in [0.2, 0.25) is 0 Å². The molecule has 21 heavy (non-hydrogen) atoms. The Hall–Kier alpha value is -1.59. The summed E-state index contributed by atoms with van der Waals surface area (Å²) in [5.41, 5.74) is 2.23. The van der Waals surface area contributed by atoms with Crippen LogP contribution in [0.1, 0.15) is 23.7 Å². The van der Waals surface area contributed by atoms with Crippen LogP contribution < -0.4 is 10.1 Å². The number of benzene rings is 1. The maximum Gasteiger partial charge on any atom is 0.238 e. The first kappa shape index (κ1) is 14.4. The Balaban J connectivity index is 1.86. The number of carbonyl (C=O) groups excluding carboxylic acids is 1. The predicted octanol–water partition coefficient (Wildman–Crippen LogP) is 1.14. The minimum Gasteiger partial charge on any atom is -0.496 e. The highest BCUT2D eigenvalue weighted by Gasteiger charge is 2.39. The highest BCUT2D eigenvalue weighted by atomic mass is 16.5. The van der Waals surface area contributed by atoms with E-state index in [9.17, 15) is 4.79 Å². The molecule has 5 heteroatoms. The molecular formula is C16H23N3O2. The summed E-state index contributed by atoms with van der Waals surface area (Å²) in [5.74, 6) is 1.09. The zero-order valence-corrected chi connectivity index (χ0v) is 12.9.